The zero-order chi connectivity index (χ0) is 18.1. The largest absolute Gasteiger partial charge is 0.449 e. The third-order valence-electron chi connectivity index (χ3n) is 4.29. The van der Waals surface area contributed by atoms with Crippen molar-refractivity contribution in [2.45, 2.75) is 31.9 Å². The normalized spacial score (nSPS) is 14.8. The van der Waals surface area contributed by atoms with Crippen LogP contribution in [-0.2, 0) is 9.53 Å². The first-order chi connectivity index (χ1) is 12.6. The standard InChI is InChI=1S/C20H18N2O3S/c1-12(19(23)21-13-8-9-13)25-20(24)15-11-17(18-7-4-10-26-18)22-16-6-3-2-5-14(15)16/h2-7,10-13H,8-9H2,1H3,(H,21,23)/t12-/m0/s1. The van der Waals surface area contributed by atoms with Crippen molar-refractivity contribution in [2.75, 3.05) is 0 Å². The van der Waals surface area contributed by atoms with Crippen molar-refractivity contribution in [3.63, 3.8) is 0 Å². The SMILES string of the molecule is C[C@H](OC(=O)c1cc(-c2cccs2)nc2ccccc12)C(=O)NC1CC1. The number of hydrogen-bond donors (Lipinski definition) is 1. The van der Waals surface area contributed by atoms with Gasteiger partial charge in [0, 0.05) is 11.4 Å². The van der Waals surface area contributed by atoms with E-state index in [-0.39, 0.29) is 11.9 Å². The lowest BCUT2D eigenvalue weighted by Gasteiger charge is -2.14. The molecule has 0 aliphatic heterocycles. The molecule has 3 aromatic rings. The molecule has 26 heavy (non-hydrogen) atoms. The number of amides is 1. The van der Waals surface area contributed by atoms with Crippen molar-refractivity contribution in [3.8, 4) is 10.6 Å². The summed E-state index contributed by atoms with van der Waals surface area (Å²) in [5.74, 6) is -0.766. The highest BCUT2D eigenvalue weighted by Gasteiger charge is 2.28. The van der Waals surface area contributed by atoms with E-state index >= 15 is 0 Å². The number of fused-ring (bicyclic) bond motifs is 1. The van der Waals surface area contributed by atoms with E-state index in [1.807, 2.05) is 41.8 Å². The Morgan fingerprint density at radius 1 is 1.23 bits per heavy atom. The Balaban J connectivity index is 1.65. The van der Waals surface area contributed by atoms with Crippen LogP contribution in [0.25, 0.3) is 21.5 Å². The van der Waals surface area contributed by atoms with Crippen LogP contribution in [0.3, 0.4) is 0 Å². The van der Waals surface area contributed by atoms with E-state index in [4.69, 9.17) is 4.74 Å². The van der Waals surface area contributed by atoms with Gasteiger partial charge in [-0.05, 0) is 43.3 Å². The Kier molecular flexibility index (Phi) is 4.42. The molecule has 4 rings (SSSR count). The summed E-state index contributed by atoms with van der Waals surface area (Å²) in [4.78, 5) is 30.5. The summed E-state index contributed by atoms with van der Waals surface area (Å²) in [6.45, 7) is 1.60. The van der Waals surface area contributed by atoms with Gasteiger partial charge in [0.2, 0.25) is 0 Å². The van der Waals surface area contributed by atoms with Gasteiger partial charge in [-0.25, -0.2) is 9.78 Å². The Labute approximate surface area is 155 Å². The van der Waals surface area contributed by atoms with Gasteiger partial charge in [0.1, 0.15) is 0 Å². The first kappa shape index (κ1) is 16.7. The lowest BCUT2D eigenvalue weighted by molar-refractivity contribution is -0.129. The number of benzene rings is 1. The minimum atomic E-state index is -0.833. The molecule has 132 valence electrons. The Morgan fingerprint density at radius 2 is 2.04 bits per heavy atom. The van der Waals surface area contributed by atoms with Crippen LogP contribution in [0.4, 0.5) is 0 Å². The first-order valence-electron chi connectivity index (χ1n) is 8.57. The summed E-state index contributed by atoms with van der Waals surface area (Å²) in [6, 6.07) is 13.3. The summed E-state index contributed by atoms with van der Waals surface area (Å²) >= 11 is 1.56. The molecule has 2 aromatic heterocycles. The Bertz CT molecular complexity index is 964. The molecule has 1 amide bonds. The van der Waals surface area contributed by atoms with E-state index in [0.29, 0.717) is 10.9 Å². The maximum absolute atomic E-state index is 12.8. The first-order valence-corrected chi connectivity index (χ1v) is 9.45. The molecule has 1 atom stereocenters. The Hall–Kier alpha value is -2.73. The van der Waals surface area contributed by atoms with Crippen molar-refractivity contribution in [2.24, 2.45) is 0 Å². The monoisotopic (exact) mass is 366 g/mol. The molecule has 1 aromatic carbocycles. The highest BCUT2D eigenvalue weighted by atomic mass is 32.1. The molecule has 0 spiro atoms. The second-order valence-electron chi connectivity index (χ2n) is 6.38. The number of aromatic nitrogens is 1. The number of thiophene rings is 1. The van der Waals surface area contributed by atoms with E-state index in [9.17, 15) is 9.59 Å². The number of esters is 1. The topological polar surface area (TPSA) is 68.3 Å². The van der Waals surface area contributed by atoms with Crippen molar-refractivity contribution in [1.82, 2.24) is 10.3 Å². The fourth-order valence-electron chi connectivity index (χ4n) is 2.72. The third-order valence-corrected chi connectivity index (χ3v) is 5.18. The van der Waals surface area contributed by atoms with E-state index in [1.165, 1.54) is 0 Å². The van der Waals surface area contributed by atoms with E-state index in [2.05, 4.69) is 10.3 Å². The molecule has 1 aliphatic rings. The average Bonchev–Trinajstić information content (AvgIpc) is 3.29. The van der Waals surface area contributed by atoms with Crippen LogP contribution in [0.15, 0.2) is 47.8 Å². The van der Waals surface area contributed by atoms with Crippen LogP contribution in [0.2, 0.25) is 0 Å². The number of hydrogen-bond acceptors (Lipinski definition) is 5. The molecule has 0 bridgehead atoms. The van der Waals surface area contributed by atoms with Gasteiger partial charge in [0.25, 0.3) is 5.91 Å². The van der Waals surface area contributed by atoms with E-state index in [1.54, 1.807) is 24.3 Å². The van der Waals surface area contributed by atoms with Gasteiger partial charge in [-0.2, -0.15) is 0 Å². The molecule has 0 saturated heterocycles. The predicted molar refractivity (Wildman–Crippen MR) is 101 cm³/mol. The smallest absolute Gasteiger partial charge is 0.339 e. The number of nitrogens with one attached hydrogen (secondary N) is 1. The lowest BCUT2D eigenvalue weighted by Crippen LogP contribution is -2.37. The number of carbonyl (C=O) groups is 2. The van der Waals surface area contributed by atoms with Crippen molar-refractivity contribution in [3.05, 3.63) is 53.4 Å². The molecule has 6 heteroatoms. The zero-order valence-corrected chi connectivity index (χ0v) is 15.1. The highest BCUT2D eigenvalue weighted by Crippen LogP contribution is 2.28. The van der Waals surface area contributed by atoms with Crippen LogP contribution in [-0.4, -0.2) is 29.0 Å². The lowest BCUT2D eigenvalue weighted by atomic mass is 10.1. The number of pyridine rings is 1. The fraction of sp³-hybridized carbons (Fsp3) is 0.250. The van der Waals surface area contributed by atoms with Crippen LogP contribution in [0, 0.1) is 0 Å². The second kappa shape index (κ2) is 6.88. The summed E-state index contributed by atoms with van der Waals surface area (Å²) in [5, 5.41) is 5.54. The zero-order valence-electron chi connectivity index (χ0n) is 14.3. The quantitative estimate of drug-likeness (QED) is 0.698. The molecule has 0 radical (unpaired) electrons. The molecule has 1 fully saturated rings. The van der Waals surface area contributed by atoms with Gasteiger partial charge in [-0.1, -0.05) is 24.3 Å². The van der Waals surface area contributed by atoms with Gasteiger partial charge in [-0.15, -0.1) is 11.3 Å². The van der Waals surface area contributed by atoms with E-state index < -0.39 is 12.1 Å². The average molecular weight is 366 g/mol. The van der Waals surface area contributed by atoms with E-state index in [0.717, 1.165) is 28.9 Å². The molecular formula is C20H18N2O3S. The number of carbonyl (C=O) groups excluding carboxylic acids is 2. The van der Waals surface area contributed by atoms with Gasteiger partial charge < -0.3 is 10.1 Å². The fourth-order valence-corrected chi connectivity index (χ4v) is 3.40. The number of ether oxygens (including phenoxy) is 1. The van der Waals surface area contributed by atoms with Gasteiger partial charge in [0.05, 0.1) is 21.7 Å². The minimum absolute atomic E-state index is 0.232. The number of rotatable bonds is 5. The van der Waals surface area contributed by atoms with Crippen molar-refractivity contribution >= 4 is 34.1 Å². The van der Waals surface area contributed by atoms with Gasteiger partial charge in [-0.3, -0.25) is 4.79 Å². The van der Waals surface area contributed by atoms with Gasteiger partial charge >= 0.3 is 5.97 Å². The summed E-state index contributed by atoms with van der Waals surface area (Å²) in [6.07, 6.45) is 1.15. The van der Waals surface area contributed by atoms with Gasteiger partial charge in [0.15, 0.2) is 6.10 Å². The van der Waals surface area contributed by atoms with Crippen LogP contribution in [0.1, 0.15) is 30.1 Å². The number of para-hydroxylation sites is 1. The minimum Gasteiger partial charge on any atom is -0.449 e. The summed E-state index contributed by atoms with van der Waals surface area (Å²) in [5.41, 5.74) is 1.87. The Morgan fingerprint density at radius 3 is 2.77 bits per heavy atom. The van der Waals surface area contributed by atoms with Crippen molar-refractivity contribution in [1.29, 1.82) is 0 Å². The summed E-state index contributed by atoms with van der Waals surface area (Å²) < 4.78 is 5.43. The van der Waals surface area contributed by atoms with Crippen LogP contribution in [0.5, 0.6) is 0 Å². The summed E-state index contributed by atoms with van der Waals surface area (Å²) in [7, 11) is 0. The molecular weight excluding hydrogens is 348 g/mol. The maximum Gasteiger partial charge on any atom is 0.339 e. The van der Waals surface area contributed by atoms with Crippen molar-refractivity contribution < 1.29 is 14.3 Å². The molecule has 1 saturated carbocycles. The second-order valence-corrected chi connectivity index (χ2v) is 7.33. The third kappa shape index (κ3) is 3.46. The van der Waals surface area contributed by atoms with Crippen LogP contribution >= 0.6 is 11.3 Å². The molecule has 0 unspecified atom stereocenters. The molecule has 1 aliphatic carbocycles. The maximum atomic E-state index is 12.8. The highest BCUT2D eigenvalue weighted by molar-refractivity contribution is 7.13. The molecule has 1 N–H and O–H groups in total. The van der Waals surface area contributed by atoms with Crippen LogP contribution < -0.4 is 5.32 Å². The number of nitrogens with zero attached hydrogens (tertiary/aromatic N) is 1. The molecule has 2 heterocycles. The molecule has 5 nitrogen and oxygen atoms in total. The predicted octanol–water partition coefficient (Wildman–Crippen LogP) is 3.79.